The fourth-order valence-corrected chi connectivity index (χ4v) is 2.66. The molecule has 0 atom stereocenters. The summed E-state index contributed by atoms with van der Waals surface area (Å²) >= 11 is 0. The van der Waals surface area contributed by atoms with E-state index in [9.17, 15) is 14.0 Å². The zero-order chi connectivity index (χ0) is 18.0. The Labute approximate surface area is 143 Å². The maximum atomic E-state index is 13.3. The van der Waals surface area contributed by atoms with E-state index in [-0.39, 0.29) is 30.4 Å². The van der Waals surface area contributed by atoms with Crippen molar-refractivity contribution in [1.29, 1.82) is 0 Å². The van der Waals surface area contributed by atoms with Crippen molar-refractivity contribution < 1.29 is 9.18 Å². The molecule has 1 amide bonds. The molecule has 3 aromatic rings. The number of nitrogens with zero attached hydrogens (tertiary/aromatic N) is 5. The predicted molar refractivity (Wildman–Crippen MR) is 90.3 cm³/mol. The van der Waals surface area contributed by atoms with Crippen molar-refractivity contribution in [3.63, 3.8) is 0 Å². The summed E-state index contributed by atoms with van der Waals surface area (Å²) in [4.78, 5) is 30.7. The van der Waals surface area contributed by atoms with Gasteiger partial charge in [0, 0.05) is 20.1 Å². The number of rotatable bonds is 5. The summed E-state index contributed by atoms with van der Waals surface area (Å²) in [6, 6.07) is 6.11. The Bertz CT molecular complexity index is 979. The smallest absolute Gasteiger partial charge is 0.264 e. The Balaban J connectivity index is 1.80. The first-order valence-electron chi connectivity index (χ1n) is 7.89. The quantitative estimate of drug-likeness (QED) is 0.700. The highest BCUT2D eigenvalue weighted by atomic mass is 19.1. The topological polar surface area (TPSA) is 73.0 Å². The number of hydrogen-bond acceptors (Lipinski definition) is 4. The standard InChI is InChI=1S/C17H18FN5O2/c1-3-22(9-12-5-4-6-13(18)7-12)15(24)10-23-11-19-16-14(17(23)25)8-20-21(16)2/h4-8,11H,3,9-10H2,1-2H3. The molecule has 0 bridgehead atoms. The Morgan fingerprint density at radius 3 is 2.88 bits per heavy atom. The van der Waals surface area contributed by atoms with Crippen molar-refractivity contribution in [1.82, 2.24) is 24.2 Å². The predicted octanol–water partition coefficient (Wildman–Crippen LogP) is 1.32. The number of carbonyl (C=O) groups excluding carboxylic acids is 1. The van der Waals surface area contributed by atoms with Gasteiger partial charge in [-0.2, -0.15) is 5.10 Å². The second-order valence-electron chi connectivity index (χ2n) is 5.72. The molecule has 0 aliphatic rings. The summed E-state index contributed by atoms with van der Waals surface area (Å²) in [5.74, 6) is -0.581. The molecule has 8 heteroatoms. The van der Waals surface area contributed by atoms with Crippen LogP contribution in [0.5, 0.6) is 0 Å². The van der Waals surface area contributed by atoms with Gasteiger partial charge in [0.2, 0.25) is 5.91 Å². The van der Waals surface area contributed by atoms with Gasteiger partial charge in [-0.1, -0.05) is 12.1 Å². The van der Waals surface area contributed by atoms with Gasteiger partial charge in [0.05, 0.1) is 6.20 Å². The molecule has 0 N–H and O–H groups in total. The van der Waals surface area contributed by atoms with Gasteiger partial charge in [-0.25, -0.2) is 9.37 Å². The molecule has 3 rings (SSSR count). The van der Waals surface area contributed by atoms with Gasteiger partial charge in [0.1, 0.15) is 24.1 Å². The summed E-state index contributed by atoms with van der Waals surface area (Å²) in [7, 11) is 1.70. The van der Waals surface area contributed by atoms with Crippen LogP contribution >= 0.6 is 0 Å². The van der Waals surface area contributed by atoms with Crippen molar-refractivity contribution in [2.45, 2.75) is 20.0 Å². The van der Waals surface area contributed by atoms with Crippen molar-refractivity contribution in [2.75, 3.05) is 6.54 Å². The van der Waals surface area contributed by atoms with Gasteiger partial charge in [0.25, 0.3) is 5.56 Å². The summed E-state index contributed by atoms with van der Waals surface area (Å²) in [5, 5.41) is 4.37. The number of aryl methyl sites for hydroxylation is 1. The third kappa shape index (κ3) is 3.42. The van der Waals surface area contributed by atoms with E-state index in [1.807, 2.05) is 6.92 Å². The van der Waals surface area contributed by atoms with Crippen molar-refractivity contribution >= 4 is 16.9 Å². The van der Waals surface area contributed by atoms with E-state index in [2.05, 4.69) is 10.1 Å². The zero-order valence-electron chi connectivity index (χ0n) is 14.0. The zero-order valence-corrected chi connectivity index (χ0v) is 14.0. The molecule has 25 heavy (non-hydrogen) atoms. The first kappa shape index (κ1) is 16.8. The first-order chi connectivity index (χ1) is 12.0. The molecule has 130 valence electrons. The van der Waals surface area contributed by atoms with E-state index in [0.717, 1.165) is 0 Å². The lowest BCUT2D eigenvalue weighted by Gasteiger charge is -2.21. The van der Waals surface area contributed by atoms with Gasteiger partial charge in [-0.3, -0.25) is 18.8 Å². The van der Waals surface area contributed by atoms with Crippen LogP contribution in [0.1, 0.15) is 12.5 Å². The SMILES string of the molecule is CCN(Cc1cccc(F)c1)C(=O)Cn1cnc2c(cnn2C)c1=O. The third-order valence-corrected chi connectivity index (χ3v) is 4.02. The van der Waals surface area contributed by atoms with Gasteiger partial charge in [-0.05, 0) is 24.6 Å². The summed E-state index contributed by atoms with van der Waals surface area (Å²) in [6.45, 7) is 2.44. The van der Waals surface area contributed by atoms with E-state index in [1.165, 1.54) is 33.9 Å². The average Bonchev–Trinajstić information content (AvgIpc) is 2.97. The van der Waals surface area contributed by atoms with Gasteiger partial charge >= 0.3 is 0 Å². The third-order valence-electron chi connectivity index (χ3n) is 4.02. The maximum Gasteiger partial charge on any atom is 0.264 e. The molecule has 0 unspecified atom stereocenters. The lowest BCUT2D eigenvalue weighted by molar-refractivity contribution is -0.132. The number of likely N-dealkylation sites (N-methyl/N-ethyl adjacent to an activating group) is 1. The molecule has 2 aromatic heterocycles. The van der Waals surface area contributed by atoms with E-state index in [4.69, 9.17) is 0 Å². The number of amides is 1. The van der Waals surface area contributed by atoms with Crippen LogP contribution in [0.4, 0.5) is 4.39 Å². The lowest BCUT2D eigenvalue weighted by Crippen LogP contribution is -2.36. The molecule has 0 aliphatic heterocycles. The Kier molecular flexibility index (Phi) is 4.60. The summed E-state index contributed by atoms with van der Waals surface area (Å²) in [5.41, 5.74) is 0.859. The minimum Gasteiger partial charge on any atom is -0.337 e. The second-order valence-corrected chi connectivity index (χ2v) is 5.72. The molecular formula is C17H18FN5O2. The van der Waals surface area contributed by atoms with E-state index in [1.54, 1.807) is 24.1 Å². The van der Waals surface area contributed by atoms with Crippen LogP contribution in [0.15, 0.2) is 41.6 Å². The summed E-state index contributed by atoms with van der Waals surface area (Å²) < 4.78 is 16.1. The largest absolute Gasteiger partial charge is 0.337 e. The minimum absolute atomic E-state index is 0.125. The number of fused-ring (bicyclic) bond motifs is 1. The van der Waals surface area contributed by atoms with Crippen molar-refractivity contribution in [3.05, 3.63) is 58.5 Å². The average molecular weight is 343 g/mol. The lowest BCUT2D eigenvalue weighted by atomic mass is 10.2. The van der Waals surface area contributed by atoms with Gasteiger partial charge < -0.3 is 4.90 Å². The van der Waals surface area contributed by atoms with Crippen LogP contribution in [0.2, 0.25) is 0 Å². The molecule has 2 heterocycles. The van der Waals surface area contributed by atoms with Crippen LogP contribution in [0, 0.1) is 5.82 Å². The molecule has 7 nitrogen and oxygen atoms in total. The van der Waals surface area contributed by atoms with E-state index >= 15 is 0 Å². The summed E-state index contributed by atoms with van der Waals surface area (Å²) in [6.07, 6.45) is 2.79. The van der Waals surface area contributed by atoms with Crippen LogP contribution in [-0.4, -0.2) is 36.7 Å². The Morgan fingerprint density at radius 1 is 1.36 bits per heavy atom. The fourth-order valence-electron chi connectivity index (χ4n) is 2.66. The molecule has 0 radical (unpaired) electrons. The number of halogens is 1. The van der Waals surface area contributed by atoms with Crippen LogP contribution < -0.4 is 5.56 Å². The molecule has 0 fully saturated rings. The van der Waals surface area contributed by atoms with E-state index in [0.29, 0.717) is 23.1 Å². The Hall–Kier alpha value is -3.03. The highest BCUT2D eigenvalue weighted by Crippen LogP contribution is 2.08. The highest BCUT2D eigenvalue weighted by Gasteiger charge is 2.16. The van der Waals surface area contributed by atoms with Gasteiger partial charge in [-0.15, -0.1) is 0 Å². The van der Waals surface area contributed by atoms with Crippen LogP contribution in [0.25, 0.3) is 11.0 Å². The maximum absolute atomic E-state index is 13.3. The van der Waals surface area contributed by atoms with Crippen molar-refractivity contribution in [2.24, 2.45) is 7.05 Å². The van der Waals surface area contributed by atoms with Crippen LogP contribution in [0.3, 0.4) is 0 Å². The Morgan fingerprint density at radius 2 is 2.16 bits per heavy atom. The van der Waals surface area contributed by atoms with Gasteiger partial charge in [0.15, 0.2) is 5.65 Å². The molecule has 1 aromatic carbocycles. The normalized spacial score (nSPS) is 11.0. The molecule has 0 aliphatic carbocycles. The molecule has 0 spiro atoms. The fraction of sp³-hybridized carbons (Fsp3) is 0.294. The van der Waals surface area contributed by atoms with E-state index < -0.39 is 0 Å². The number of hydrogen-bond donors (Lipinski definition) is 0. The number of carbonyl (C=O) groups is 1. The second kappa shape index (κ2) is 6.84. The van der Waals surface area contributed by atoms with Crippen LogP contribution in [-0.2, 0) is 24.9 Å². The molecule has 0 saturated carbocycles. The highest BCUT2D eigenvalue weighted by molar-refractivity contribution is 5.77. The number of benzene rings is 1. The monoisotopic (exact) mass is 343 g/mol. The first-order valence-corrected chi connectivity index (χ1v) is 7.89. The molecule has 0 saturated heterocycles. The minimum atomic E-state index is -0.344. The molecular weight excluding hydrogens is 325 g/mol. The van der Waals surface area contributed by atoms with Crippen molar-refractivity contribution in [3.8, 4) is 0 Å². The number of aromatic nitrogens is 4.